The maximum atomic E-state index is 13.1. The second-order valence-corrected chi connectivity index (χ2v) is 6.31. The van der Waals surface area contributed by atoms with Crippen molar-refractivity contribution in [3.63, 3.8) is 0 Å². The molecule has 0 aliphatic heterocycles. The third-order valence-electron chi connectivity index (χ3n) is 4.37. The smallest absolute Gasteiger partial charge is 0.287 e. The van der Waals surface area contributed by atoms with E-state index in [9.17, 15) is 9.18 Å². The van der Waals surface area contributed by atoms with Crippen LogP contribution in [0.2, 0.25) is 0 Å². The quantitative estimate of drug-likeness (QED) is 0.747. The molecule has 25 heavy (non-hydrogen) atoms. The van der Waals surface area contributed by atoms with Gasteiger partial charge in [-0.25, -0.2) is 4.39 Å². The van der Waals surface area contributed by atoms with Gasteiger partial charge in [-0.3, -0.25) is 9.48 Å². The van der Waals surface area contributed by atoms with Gasteiger partial charge in [-0.15, -0.1) is 0 Å². The zero-order valence-electron chi connectivity index (χ0n) is 13.6. The van der Waals surface area contributed by atoms with Crippen molar-refractivity contribution in [1.82, 2.24) is 15.1 Å². The summed E-state index contributed by atoms with van der Waals surface area (Å²) in [4.78, 5) is 12.5. The predicted octanol–water partition coefficient (Wildman–Crippen LogP) is 3.54. The van der Waals surface area contributed by atoms with Crippen LogP contribution >= 0.6 is 0 Å². The zero-order valence-corrected chi connectivity index (χ0v) is 13.6. The minimum atomic E-state index is -0.279. The number of halogens is 1. The lowest BCUT2D eigenvalue weighted by Gasteiger charge is -2.18. The van der Waals surface area contributed by atoms with Crippen molar-refractivity contribution in [3.05, 3.63) is 77.8 Å². The van der Waals surface area contributed by atoms with Gasteiger partial charge in [0.15, 0.2) is 5.76 Å². The third kappa shape index (κ3) is 3.63. The van der Waals surface area contributed by atoms with Crippen LogP contribution in [-0.2, 0) is 6.54 Å². The van der Waals surface area contributed by atoms with Crippen molar-refractivity contribution in [2.45, 2.75) is 25.4 Å². The predicted molar refractivity (Wildman–Crippen MR) is 89.4 cm³/mol. The van der Waals surface area contributed by atoms with E-state index >= 15 is 0 Å². The summed E-state index contributed by atoms with van der Waals surface area (Å²) in [5.74, 6) is 0.799. The standard InChI is InChI=1S/C19H18FN3O2/c20-15-6-4-14(5-7-15)18(13-2-3-13)22-19(24)17-9-8-16(25-17)12-23-11-1-10-21-23/h1,4-11,13,18H,2-3,12H2,(H,22,24)/t18-/m0/s1. The highest BCUT2D eigenvalue weighted by atomic mass is 19.1. The van der Waals surface area contributed by atoms with Gasteiger partial charge in [0.2, 0.25) is 0 Å². The van der Waals surface area contributed by atoms with E-state index in [0.717, 1.165) is 18.4 Å². The largest absolute Gasteiger partial charge is 0.454 e. The number of hydrogen-bond donors (Lipinski definition) is 1. The average molecular weight is 339 g/mol. The van der Waals surface area contributed by atoms with E-state index in [2.05, 4.69) is 10.4 Å². The van der Waals surface area contributed by atoms with Crippen LogP contribution in [0.1, 0.15) is 40.8 Å². The van der Waals surface area contributed by atoms with E-state index in [1.807, 2.05) is 12.3 Å². The van der Waals surface area contributed by atoms with E-state index in [-0.39, 0.29) is 23.5 Å². The van der Waals surface area contributed by atoms with Crippen molar-refractivity contribution in [1.29, 1.82) is 0 Å². The van der Waals surface area contributed by atoms with E-state index in [1.54, 1.807) is 35.1 Å². The molecule has 0 spiro atoms. The number of rotatable bonds is 6. The Labute approximate surface area is 144 Å². The third-order valence-corrected chi connectivity index (χ3v) is 4.37. The second-order valence-electron chi connectivity index (χ2n) is 6.31. The summed E-state index contributed by atoms with van der Waals surface area (Å²) in [5, 5.41) is 7.14. The fourth-order valence-corrected chi connectivity index (χ4v) is 2.92. The summed E-state index contributed by atoms with van der Waals surface area (Å²) in [7, 11) is 0. The Morgan fingerprint density at radius 1 is 1.28 bits per heavy atom. The summed E-state index contributed by atoms with van der Waals surface area (Å²) in [6.45, 7) is 0.476. The number of carbonyl (C=O) groups is 1. The Morgan fingerprint density at radius 3 is 2.76 bits per heavy atom. The average Bonchev–Trinajstić information content (AvgIpc) is 3.12. The van der Waals surface area contributed by atoms with Crippen LogP contribution in [0.5, 0.6) is 0 Å². The van der Waals surface area contributed by atoms with Gasteiger partial charge in [-0.2, -0.15) is 5.10 Å². The normalized spacial score (nSPS) is 15.1. The van der Waals surface area contributed by atoms with E-state index in [0.29, 0.717) is 18.2 Å². The highest BCUT2D eigenvalue weighted by Gasteiger charge is 2.34. The highest BCUT2D eigenvalue weighted by molar-refractivity contribution is 5.91. The first kappa shape index (κ1) is 15.6. The van der Waals surface area contributed by atoms with E-state index in [1.165, 1.54) is 12.1 Å². The molecule has 1 fully saturated rings. The molecule has 0 saturated heterocycles. The first-order valence-corrected chi connectivity index (χ1v) is 8.31. The molecule has 5 nitrogen and oxygen atoms in total. The topological polar surface area (TPSA) is 60.1 Å². The minimum Gasteiger partial charge on any atom is -0.454 e. The number of benzene rings is 1. The first-order valence-electron chi connectivity index (χ1n) is 8.31. The molecular weight excluding hydrogens is 321 g/mol. The number of hydrogen-bond acceptors (Lipinski definition) is 3. The van der Waals surface area contributed by atoms with Gasteiger partial charge in [0, 0.05) is 12.4 Å². The van der Waals surface area contributed by atoms with E-state index in [4.69, 9.17) is 4.42 Å². The summed E-state index contributed by atoms with van der Waals surface area (Å²) in [5.41, 5.74) is 0.917. The van der Waals surface area contributed by atoms with Crippen LogP contribution in [0.25, 0.3) is 0 Å². The summed E-state index contributed by atoms with van der Waals surface area (Å²) in [6.07, 6.45) is 5.65. The van der Waals surface area contributed by atoms with Crippen LogP contribution in [0.4, 0.5) is 4.39 Å². The molecule has 2 heterocycles. The number of amides is 1. The molecule has 6 heteroatoms. The molecule has 1 saturated carbocycles. The van der Waals surface area contributed by atoms with Crippen LogP contribution in [0, 0.1) is 11.7 Å². The van der Waals surface area contributed by atoms with Crippen molar-refractivity contribution in [2.24, 2.45) is 5.92 Å². The lowest BCUT2D eigenvalue weighted by molar-refractivity contribution is 0.0901. The molecular formula is C19H18FN3O2. The van der Waals surface area contributed by atoms with Crippen LogP contribution in [0.3, 0.4) is 0 Å². The maximum absolute atomic E-state index is 13.1. The molecule has 1 aliphatic carbocycles. The molecule has 1 aliphatic rings. The number of nitrogens with one attached hydrogen (secondary N) is 1. The number of carbonyl (C=O) groups excluding carboxylic acids is 1. The molecule has 0 unspecified atom stereocenters. The Morgan fingerprint density at radius 2 is 2.08 bits per heavy atom. The maximum Gasteiger partial charge on any atom is 0.287 e. The monoisotopic (exact) mass is 339 g/mol. The van der Waals surface area contributed by atoms with Gasteiger partial charge in [0.05, 0.1) is 12.6 Å². The van der Waals surface area contributed by atoms with Crippen LogP contribution in [-0.4, -0.2) is 15.7 Å². The SMILES string of the molecule is O=C(N[C@H](c1ccc(F)cc1)C1CC1)c1ccc(Cn2cccn2)o1. The molecule has 1 atom stereocenters. The van der Waals surface area contributed by atoms with Gasteiger partial charge in [0.25, 0.3) is 5.91 Å². The molecule has 2 aromatic heterocycles. The number of furan rings is 1. The highest BCUT2D eigenvalue weighted by Crippen LogP contribution is 2.41. The zero-order chi connectivity index (χ0) is 17.2. The Balaban J connectivity index is 1.46. The summed E-state index contributed by atoms with van der Waals surface area (Å²) in [6, 6.07) is 11.5. The molecule has 1 aromatic carbocycles. The lowest BCUT2D eigenvalue weighted by atomic mass is 10.0. The lowest BCUT2D eigenvalue weighted by Crippen LogP contribution is -2.29. The molecule has 0 bridgehead atoms. The minimum absolute atomic E-state index is 0.118. The fourth-order valence-electron chi connectivity index (χ4n) is 2.92. The van der Waals surface area contributed by atoms with Gasteiger partial charge < -0.3 is 9.73 Å². The van der Waals surface area contributed by atoms with Crippen LogP contribution < -0.4 is 5.32 Å². The Kier molecular flexibility index (Phi) is 4.09. The van der Waals surface area contributed by atoms with Gasteiger partial charge >= 0.3 is 0 Å². The molecule has 128 valence electrons. The van der Waals surface area contributed by atoms with E-state index < -0.39 is 0 Å². The molecule has 0 radical (unpaired) electrons. The second kappa shape index (κ2) is 6.55. The van der Waals surface area contributed by atoms with Crippen molar-refractivity contribution in [2.75, 3.05) is 0 Å². The number of nitrogens with zero attached hydrogens (tertiary/aromatic N) is 2. The Bertz CT molecular complexity index is 851. The molecule has 1 amide bonds. The van der Waals surface area contributed by atoms with Gasteiger partial charge in [-0.1, -0.05) is 12.1 Å². The van der Waals surface area contributed by atoms with Gasteiger partial charge in [-0.05, 0) is 54.7 Å². The van der Waals surface area contributed by atoms with Crippen molar-refractivity contribution in [3.8, 4) is 0 Å². The number of aromatic nitrogens is 2. The molecule has 4 rings (SSSR count). The summed E-state index contributed by atoms with van der Waals surface area (Å²) < 4.78 is 20.5. The van der Waals surface area contributed by atoms with Crippen molar-refractivity contribution < 1.29 is 13.6 Å². The summed E-state index contributed by atoms with van der Waals surface area (Å²) >= 11 is 0. The van der Waals surface area contributed by atoms with Crippen molar-refractivity contribution >= 4 is 5.91 Å². The van der Waals surface area contributed by atoms with Gasteiger partial charge in [0.1, 0.15) is 11.6 Å². The fraction of sp³-hybridized carbons (Fsp3) is 0.263. The molecule has 3 aromatic rings. The van der Waals surface area contributed by atoms with Crippen LogP contribution in [0.15, 0.2) is 59.3 Å². The first-order chi connectivity index (χ1) is 12.2. The Hall–Kier alpha value is -2.89. The molecule has 1 N–H and O–H groups in total.